The summed E-state index contributed by atoms with van der Waals surface area (Å²) in [5.74, 6) is -1.41. The molecule has 1 rings (SSSR count). The summed E-state index contributed by atoms with van der Waals surface area (Å²) in [5.41, 5.74) is 0. The second kappa shape index (κ2) is 6.24. The first-order valence-corrected chi connectivity index (χ1v) is 5.74. The van der Waals surface area contributed by atoms with E-state index in [-0.39, 0.29) is 6.54 Å². The van der Waals surface area contributed by atoms with Gasteiger partial charge in [-0.3, -0.25) is 9.59 Å². The van der Waals surface area contributed by atoms with Crippen molar-refractivity contribution < 1.29 is 14.7 Å². The minimum absolute atomic E-state index is 0.0747. The summed E-state index contributed by atoms with van der Waals surface area (Å²) in [6.45, 7) is 1.95. The number of carbonyl (C=O) groups is 2. The first kappa shape index (κ1) is 12.7. The molecule has 5 nitrogen and oxygen atoms in total. The van der Waals surface area contributed by atoms with Crippen LogP contribution in [0, 0.1) is 0 Å². The molecule has 16 heavy (non-hydrogen) atoms. The maximum absolute atomic E-state index is 11.3. The molecule has 0 saturated heterocycles. The molecule has 1 atom stereocenters. The lowest BCUT2D eigenvalue weighted by Gasteiger charge is -2.06. The molecular weight excluding hydrogens is 228 g/mol. The Labute approximate surface area is 97.5 Å². The molecule has 0 fully saturated rings. The highest BCUT2D eigenvalue weighted by Gasteiger charge is 2.13. The standard InChI is InChI=1S/C10H14N2O3S/c1-7(13)5-11-9(14)10(15)12-6-8-3-2-4-16-8/h2-4,7,13H,5-6H2,1H3,(H,11,14)(H,12,15)/t7-/m0/s1. The fourth-order valence-corrected chi connectivity index (χ4v) is 1.63. The van der Waals surface area contributed by atoms with E-state index in [9.17, 15) is 9.59 Å². The highest BCUT2D eigenvalue weighted by molar-refractivity contribution is 7.09. The number of nitrogens with one attached hydrogen (secondary N) is 2. The quantitative estimate of drug-likeness (QED) is 0.643. The zero-order valence-electron chi connectivity index (χ0n) is 8.90. The number of aliphatic hydroxyl groups excluding tert-OH is 1. The molecule has 88 valence electrons. The van der Waals surface area contributed by atoms with Crippen molar-refractivity contribution in [3.8, 4) is 0 Å². The van der Waals surface area contributed by atoms with Crippen molar-refractivity contribution in [2.75, 3.05) is 6.54 Å². The maximum atomic E-state index is 11.3. The average molecular weight is 242 g/mol. The molecule has 0 aliphatic carbocycles. The normalized spacial score (nSPS) is 11.9. The van der Waals surface area contributed by atoms with Crippen LogP contribution >= 0.6 is 11.3 Å². The Balaban J connectivity index is 2.26. The maximum Gasteiger partial charge on any atom is 0.309 e. The van der Waals surface area contributed by atoms with E-state index in [1.807, 2.05) is 17.5 Å². The predicted molar refractivity (Wildman–Crippen MR) is 60.9 cm³/mol. The molecule has 1 aromatic heterocycles. The number of rotatable bonds is 4. The molecule has 0 spiro atoms. The molecule has 3 N–H and O–H groups in total. The molecule has 0 unspecified atom stereocenters. The Bertz CT molecular complexity index is 349. The summed E-state index contributed by atoms with van der Waals surface area (Å²) < 4.78 is 0. The van der Waals surface area contributed by atoms with E-state index in [0.717, 1.165) is 4.88 Å². The summed E-state index contributed by atoms with van der Waals surface area (Å²) in [4.78, 5) is 23.4. The van der Waals surface area contributed by atoms with Gasteiger partial charge in [0.15, 0.2) is 0 Å². The summed E-state index contributed by atoms with van der Waals surface area (Å²) in [7, 11) is 0. The van der Waals surface area contributed by atoms with Crippen LogP contribution < -0.4 is 10.6 Å². The van der Waals surface area contributed by atoms with Gasteiger partial charge in [-0.1, -0.05) is 6.07 Å². The highest BCUT2D eigenvalue weighted by atomic mass is 32.1. The monoisotopic (exact) mass is 242 g/mol. The highest BCUT2D eigenvalue weighted by Crippen LogP contribution is 2.06. The van der Waals surface area contributed by atoms with Crippen LogP contribution in [0.15, 0.2) is 17.5 Å². The van der Waals surface area contributed by atoms with Crippen LogP contribution in [-0.2, 0) is 16.1 Å². The molecule has 0 aromatic carbocycles. The van der Waals surface area contributed by atoms with Gasteiger partial charge in [0.1, 0.15) is 0 Å². The van der Waals surface area contributed by atoms with Crippen molar-refractivity contribution in [2.45, 2.75) is 19.6 Å². The Morgan fingerprint density at radius 1 is 1.44 bits per heavy atom. The second-order valence-corrected chi connectivity index (χ2v) is 4.35. The van der Waals surface area contributed by atoms with Crippen molar-refractivity contribution in [1.82, 2.24) is 10.6 Å². The number of carbonyl (C=O) groups excluding carboxylic acids is 2. The van der Waals surface area contributed by atoms with Crippen LogP contribution in [0.1, 0.15) is 11.8 Å². The van der Waals surface area contributed by atoms with Gasteiger partial charge in [-0.25, -0.2) is 0 Å². The van der Waals surface area contributed by atoms with Crippen LogP contribution in [0.2, 0.25) is 0 Å². The van der Waals surface area contributed by atoms with Gasteiger partial charge >= 0.3 is 11.8 Å². The van der Waals surface area contributed by atoms with Crippen LogP contribution in [0.25, 0.3) is 0 Å². The zero-order valence-corrected chi connectivity index (χ0v) is 9.71. The Hall–Kier alpha value is -1.40. The molecule has 2 amide bonds. The summed E-state index contributed by atoms with van der Waals surface area (Å²) in [6, 6.07) is 3.75. The third-order valence-corrected chi connectivity index (χ3v) is 2.64. The van der Waals surface area contributed by atoms with Gasteiger partial charge in [-0.2, -0.15) is 0 Å². The molecule has 0 bridgehead atoms. The molecule has 0 saturated carbocycles. The third-order valence-electron chi connectivity index (χ3n) is 1.77. The van der Waals surface area contributed by atoms with Gasteiger partial charge in [0.05, 0.1) is 12.6 Å². The molecular formula is C10H14N2O3S. The fourth-order valence-electron chi connectivity index (χ4n) is 0.982. The number of thiophene rings is 1. The molecule has 0 aliphatic heterocycles. The Kier molecular flexibility index (Phi) is 4.94. The first-order chi connectivity index (χ1) is 7.59. The Morgan fingerprint density at radius 2 is 2.12 bits per heavy atom. The third kappa shape index (κ3) is 4.41. The smallest absolute Gasteiger partial charge is 0.309 e. The number of aliphatic hydroxyl groups is 1. The lowest BCUT2D eigenvalue weighted by Crippen LogP contribution is -2.41. The second-order valence-electron chi connectivity index (χ2n) is 3.32. The van der Waals surface area contributed by atoms with Gasteiger partial charge in [-0.05, 0) is 18.4 Å². The van der Waals surface area contributed by atoms with Gasteiger partial charge in [0.2, 0.25) is 0 Å². The average Bonchev–Trinajstić information content (AvgIpc) is 2.75. The summed E-state index contributed by atoms with van der Waals surface area (Å²) >= 11 is 1.51. The first-order valence-electron chi connectivity index (χ1n) is 4.86. The zero-order chi connectivity index (χ0) is 12.0. The van der Waals surface area contributed by atoms with Gasteiger partial charge in [0.25, 0.3) is 0 Å². The Morgan fingerprint density at radius 3 is 2.69 bits per heavy atom. The number of hydrogen-bond donors (Lipinski definition) is 3. The minimum Gasteiger partial charge on any atom is -0.392 e. The van der Waals surface area contributed by atoms with Gasteiger partial charge < -0.3 is 15.7 Å². The number of amides is 2. The van der Waals surface area contributed by atoms with E-state index in [2.05, 4.69) is 10.6 Å². The summed E-state index contributed by atoms with van der Waals surface area (Å²) in [6.07, 6.45) is -0.658. The van der Waals surface area contributed by atoms with E-state index in [0.29, 0.717) is 6.54 Å². The van der Waals surface area contributed by atoms with Crippen molar-refractivity contribution >= 4 is 23.2 Å². The van der Waals surface area contributed by atoms with E-state index >= 15 is 0 Å². The van der Waals surface area contributed by atoms with E-state index in [1.165, 1.54) is 18.3 Å². The molecule has 6 heteroatoms. The van der Waals surface area contributed by atoms with Crippen molar-refractivity contribution in [1.29, 1.82) is 0 Å². The lowest BCUT2D eigenvalue weighted by atomic mass is 10.4. The minimum atomic E-state index is -0.725. The SMILES string of the molecule is C[C@H](O)CNC(=O)C(=O)NCc1cccs1. The van der Waals surface area contributed by atoms with Crippen LogP contribution in [0.5, 0.6) is 0 Å². The van der Waals surface area contributed by atoms with Crippen molar-refractivity contribution in [2.24, 2.45) is 0 Å². The van der Waals surface area contributed by atoms with E-state index in [4.69, 9.17) is 5.11 Å². The molecule has 0 radical (unpaired) electrons. The van der Waals surface area contributed by atoms with E-state index < -0.39 is 17.9 Å². The number of hydrogen-bond acceptors (Lipinski definition) is 4. The molecule has 1 aromatic rings. The predicted octanol–water partition coefficient (Wildman–Crippen LogP) is -0.139. The van der Waals surface area contributed by atoms with Crippen molar-refractivity contribution in [3.05, 3.63) is 22.4 Å². The fraction of sp³-hybridized carbons (Fsp3) is 0.400. The molecule has 0 aliphatic rings. The van der Waals surface area contributed by atoms with Crippen LogP contribution in [0.3, 0.4) is 0 Å². The van der Waals surface area contributed by atoms with E-state index in [1.54, 1.807) is 0 Å². The lowest BCUT2D eigenvalue weighted by molar-refractivity contribution is -0.139. The molecule has 1 heterocycles. The summed E-state index contributed by atoms with van der Waals surface area (Å²) in [5, 5.41) is 15.6. The van der Waals surface area contributed by atoms with Crippen molar-refractivity contribution in [3.63, 3.8) is 0 Å². The van der Waals surface area contributed by atoms with Crippen LogP contribution in [-0.4, -0.2) is 29.6 Å². The van der Waals surface area contributed by atoms with Gasteiger partial charge in [0, 0.05) is 11.4 Å². The largest absolute Gasteiger partial charge is 0.392 e. The topological polar surface area (TPSA) is 78.4 Å². The van der Waals surface area contributed by atoms with Crippen LogP contribution in [0.4, 0.5) is 0 Å². The van der Waals surface area contributed by atoms with Gasteiger partial charge in [-0.15, -0.1) is 11.3 Å².